The third-order valence-electron chi connectivity index (χ3n) is 2.55. The van der Waals surface area contributed by atoms with Gasteiger partial charge < -0.3 is 10.1 Å². The molecule has 4 unspecified atom stereocenters. The molecule has 2 saturated heterocycles. The van der Waals surface area contributed by atoms with Crippen molar-refractivity contribution in [2.45, 2.75) is 30.7 Å². The van der Waals surface area contributed by atoms with E-state index in [0.29, 0.717) is 18.7 Å². The van der Waals surface area contributed by atoms with Crippen molar-refractivity contribution in [3.63, 3.8) is 0 Å². The van der Waals surface area contributed by atoms with Crippen LogP contribution < -0.4 is 5.32 Å². The van der Waals surface area contributed by atoms with E-state index in [-0.39, 0.29) is 5.25 Å². The first-order chi connectivity index (χ1) is 5.77. The van der Waals surface area contributed by atoms with Gasteiger partial charge in [-0.15, -0.1) is 0 Å². The van der Waals surface area contributed by atoms with E-state index in [1.165, 1.54) is 0 Å². The highest BCUT2D eigenvalue weighted by molar-refractivity contribution is 7.85. The van der Waals surface area contributed by atoms with Crippen LogP contribution in [0, 0.1) is 0 Å². The van der Waals surface area contributed by atoms with Gasteiger partial charge in [0.1, 0.15) is 0 Å². The van der Waals surface area contributed by atoms with Crippen LogP contribution in [-0.2, 0) is 15.5 Å². The summed E-state index contributed by atoms with van der Waals surface area (Å²) in [5, 5.41) is 3.72. The van der Waals surface area contributed by atoms with Crippen molar-refractivity contribution < 1.29 is 8.95 Å². The molecule has 0 bridgehead atoms. The Hall–Kier alpha value is 0.0700. The summed E-state index contributed by atoms with van der Waals surface area (Å²) in [7, 11) is -0.674. The number of hydrogen-bond donors (Lipinski definition) is 1. The lowest BCUT2D eigenvalue weighted by Gasteiger charge is -2.38. The summed E-state index contributed by atoms with van der Waals surface area (Å²) in [6.45, 7) is 3.60. The van der Waals surface area contributed by atoms with Crippen molar-refractivity contribution in [1.82, 2.24) is 5.32 Å². The molecule has 3 nitrogen and oxygen atoms in total. The Morgan fingerprint density at radius 3 is 3.25 bits per heavy atom. The van der Waals surface area contributed by atoms with Gasteiger partial charge in [-0.2, -0.15) is 0 Å². The molecule has 2 aliphatic heterocycles. The standard InChI is InChI=1S/C8H15NO2S/c1-6-5-12(10)8-4-11-3-2-7(8)9-6/h6-9H,2-5H2,1H3. The second-order valence-electron chi connectivity index (χ2n) is 3.62. The largest absolute Gasteiger partial charge is 0.380 e. The fraction of sp³-hybridized carbons (Fsp3) is 1.00. The maximum absolute atomic E-state index is 11.6. The molecule has 2 fully saturated rings. The maximum atomic E-state index is 11.6. The number of nitrogens with one attached hydrogen (secondary N) is 1. The second-order valence-corrected chi connectivity index (χ2v) is 5.32. The van der Waals surface area contributed by atoms with Crippen LogP contribution in [0.15, 0.2) is 0 Å². The minimum atomic E-state index is -0.674. The molecule has 2 heterocycles. The van der Waals surface area contributed by atoms with E-state index in [0.717, 1.165) is 18.8 Å². The quantitative estimate of drug-likeness (QED) is 0.577. The van der Waals surface area contributed by atoms with Crippen LogP contribution in [0.2, 0.25) is 0 Å². The third-order valence-corrected chi connectivity index (χ3v) is 4.52. The van der Waals surface area contributed by atoms with Crippen LogP contribution in [0.1, 0.15) is 13.3 Å². The number of fused-ring (bicyclic) bond motifs is 1. The molecule has 1 N–H and O–H groups in total. The summed E-state index contributed by atoms with van der Waals surface area (Å²) in [5.74, 6) is 0.782. The van der Waals surface area contributed by atoms with Gasteiger partial charge in [-0.25, -0.2) is 0 Å². The van der Waals surface area contributed by atoms with Crippen molar-refractivity contribution in [2.24, 2.45) is 0 Å². The summed E-state index contributed by atoms with van der Waals surface area (Å²) in [5.41, 5.74) is 0. The molecule has 70 valence electrons. The highest BCUT2D eigenvalue weighted by Crippen LogP contribution is 2.18. The zero-order valence-corrected chi connectivity index (χ0v) is 8.10. The van der Waals surface area contributed by atoms with Gasteiger partial charge in [0, 0.05) is 35.2 Å². The molecular formula is C8H15NO2S. The number of ether oxygens (including phenoxy) is 1. The normalized spacial score (nSPS) is 48.4. The average molecular weight is 189 g/mol. The first kappa shape index (κ1) is 8.66. The summed E-state index contributed by atoms with van der Waals surface area (Å²) in [6.07, 6.45) is 1.01. The van der Waals surface area contributed by atoms with Gasteiger partial charge in [0.05, 0.1) is 11.9 Å². The van der Waals surface area contributed by atoms with Crippen molar-refractivity contribution in [2.75, 3.05) is 19.0 Å². The Balaban J connectivity index is 2.06. The Bertz CT molecular complexity index is 197. The fourth-order valence-corrected chi connectivity index (χ4v) is 3.61. The number of rotatable bonds is 0. The van der Waals surface area contributed by atoms with Gasteiger partial charge in [-0.3, -0.25) is 4.21 Å². The zero-order valence-electron chi connectivity index (χ0n) is 7.29. The fourth-order valence-electron chi connectivity index (χ4n) is 1.95. The lowest BCUT2D eigenvalue weighted by Crippen LogP contribution is -2.58. The Labute approximate surface area is 75.3 Å². The Morgan fingerprint density at radius 1 is 1.58 bits per heavy atom. The van der Waals surface area contributed by atoms with E-state index in [4.69, 9.17) is 4.74 Å². The van der Waals surface area contributed by atoms with Crippen molar-refractivity contribution in [1.29, 1.82) is 0 Å². The van der Waals surface area contributed by atoms with E-state index in [1.54, 1.807) is 0 Å². The van der Waals surface area contributed by atoms with E-state index >= 15 is 0 Å². The van der Waals surface area contributed by atoms with E-state index in [2.05, 4.69) is 12.2 Å². The predicted octanol–water partition coefficient (Wildman–Crippen LogP) is -0.116. The van der Waals surface area contributed by atoms with Gasteiger partial charge >= 0.3 is 0 Å². The molecule has 0 aromatic heterocycles. The highest BCUT2D eigenvalue weighted by Gasteiger charge is 2.35. The van der Waals surface area contributed by atoms with Crippen LogP contribution >= 0.6 is 0 Å². The SMILES string of the molecule is CC1CS(=O)C2COCCC2N1. The minimum absolute atomic E-state index is 0.245. The van der Waals surface area contributed by atoms with Gasteiger partial charge in [0.25, 0.3) is 0 Å². The lowest BCUT2D eigenvalue weighted by molar-refractivity contribution is 0.0776. The summed E-state index contributed by atoms with van der Waals surface area (Å²) in [4.78, 5) is 0. The molecule has 2 rings (SSSR count). The van der Waals surface area contributed by atoms with Gasteiger partial charge in [-0.05, 0) is 13.3 Å². The Morgan fingerprint density at radius 2 is 2.42 bits per heavy atom. The van der Waals surface area contributed by atoms with Gasteiger partial charge in [-0.1, -0.05) is 0 Å². The molecule has 0 amide bonds. The molecule has 4 atom stereocenters. The summed E-state index contributed by atoms with van der Waals surface area (Å²) < 4.78 is 16.9. The van der Waals surface area contributed by atoms with Crippen LogP contribution in [0.3, 0.4) is 0 Å². The van der Waals surface area contributed by atoms with E-state index < -0.39 is 10.8 Å². The first-order valence-corrected chi connectivity index (χ1v) is 5.86. The first-order valence-electron chi connectivity index (χ1n) is 4.48. The van der Waals surface area contributed by atoms with Gasteiger partial charge in [0.2, 0.25) is 0 Å². The van der Waals surface area contributed by atoms with Gasteiger partial charge in [0.15, 0.2) is 0 Å². The van der Waals surface area contributed by atoms with E-state index in [1.807, 2.05) is 0 Å². The smallest absolute Gasteiger partial charge is 0.0736 e. The van der Waals surface area contributed by atoms with Crippen LogP contribution in [0.25, 0.3) is 0 Å². The summed E-state index contributed by atoms with van der Waals surface area (Å²) >= 11 is 0. The Kier molecular flexibility index (Phi) is 2.48. The lowest BCUT2D eigenvalue weighted by atomic mass is 10.1. The molecule has 0 aromatic rings. The highest BCUT2D eigenvalue weighted by atomic mass is 32.2. The third kappa shape index (κ3) is 1.56. The molecule has 0 spiro atoms. The van der Waals surface area contributed by atoms with Crippen molar-refractivity contribution in [3.05, 3.63) is 0 Å². The number of hydrogen-bond acceptors (Lipinski definition) is 3. The van der Waals surface area contributed by atoms with Crippen LogP contribution in [0.5, 0.6) is 0 Å². The molecule has 4 heteroatoms. The molecule has 0 radical (unpaired) electrons. The average Bonchev–Trinajstić information content (AvgIpc) is 2.04. The topological polar surface area (TPSA) is 38.3 Å². The summed E-state index contributed by atoms with van der Waals surface area (Å²) in [6, 6.07) is 0.841. The molecular weight excluding hydrogens is 174 g/mol. The van der Waals surface area contributed by atoms with Crippen LogP contribution in [0.4, 0.5) is 0 Å². The van der Waals surface area contributed by atoms with Crippen molar-refractivity contribution >= 4 is 10.8 Å². The minimum Gasteiger partial charge on any atom is -0.380 e. The van der Waals surface area contributed by atoms with Crippen molar-refractivity contribution in [3.8, 4) is 0 Å². The monoisotopic (exact) mass is 189 g/mol. The molecule has 2 aliphatic rings. The molecule has 0 aliphatic carbocycles. The van der Waals surface area contributed by atoms with E-state index in [9.17, 15) is 4.21 Å². The maximum Gasteiger partial charge on any atom is 0.0736 e. The molecule has 0 saturated carbocycles. The predicted molar refractivity (Wildman–Crippen MR) is 48.6 cm³/mol. The van der Waals surface area contributed by atoms with Crippen LogP contribution in [-0.4, -0.2) is 40.5 Å². The second kappa shape index (κ2) is 3.44. The molecule has 0 aromatic carbocycles. The zero-order chi connectivity index (χ0) is 8.55. The molecule has 12 heavy (non-hydrogen) atoms.